The second kappa shape index (κ2) is 4.94. The molecule has 2 N–H and O–H groups in total. The average molecular weight is 149 g/mol. The van der Waals surface area contributed by atoms with Gasteiger partial charge in [-0.3, -0.25) is 4.21 Å². The molecule has 2 unspecified atom stereocenters. The van der Waals surface area contributed by atoms with E-state index in [0.29, 0.717) is 12.5 Å². The van der Waals surface area contributed by atoms with E-state index in [0.717, 1.165) is 11.5 Å². The van der Waals surface area contributed by atoms with Crippen LogP contribution in [0, 0.1) is 5.92 Å². The molecule has 3 heteroatoms. The lowest BCUT2D eigenvalue weighted by Gasteiger charge is -2.04. The summed E-state index contributed by atoms with van der Waals surface area (Å²) in [6, 6.07) is 0. The van der Waals surface area contributed by atoms with Gasteiger partial charge in [-0.1, -0.05) is 13.8 Å². The summed E-state index contributed by atoms with van der Waals surface area (Å²) in [5, 5.41) is 0. The van der Waals surface area contributed by atoms with E-state index in [1.165, 1.54) is 0 Å². The van der Waals surface area contributed by atoms with Gasteiger partial charge in [0.05, 0.1) is 0 Å². The van der Waals surface area contributed by atoms with Gasteiger partial charge in [0.2, 0.25) is 0 Å². The van der Waals surface area contributed by atoms with Gasteiger partial charge in [-0.2, -0.15) is 0 Å². The summed E-state index contributed by atoms with van der Waals surface area (Å²) < 4.78 is 10.8. The monoisotopic (exact) mass is 149 g/mol. The zero-order chi connectivity index (χ0) is 7.28. The van der Waals surface area contributed by atoms with Gasteiger partial charge < -0.3 is 5.73 Å². The molecule has 0 amide bonds. The third-order valence-corrected chi connectivity index (χ3v) is 2.78. The van der Waals surface area contributed by atoms with Crippen molar-refractivity contribution in [2.24, 2.45) is 11.7 Å². The maximum atomic E-state index is 10.8. The summed E-state index contributed by atoms with van der Waals surface area (Å²) in [5.41, 5.74) is 5.34. The Morgan fingerprint density at radius 2 is 2.22 bits per heavy atom. The van der Waals surface area contributed by atoms with Crippen LogP contribution in [0.1, 0.15) is 13.8 Å². The fourth-order valence-corrected chi connectivity index (χ4v) is 1.51. The quantitative estimate of drug-likeness (QED) is 0.627. The van der Waals surface area contributed by atoms with Crippen molar-refractivity contribution >= 4 is 10.8 Å². The first-order valence-corrected chi connectivity index (χ1v) is 4.74. The molecule has 2 nitrogen and oxygen atoms in total. The molecule has 0 aromatic heterocycles. The molecular formula is C6H15NOS. The van der Waals surface area contributed by atoms with Gasteiger partial charge in [0.1, 0.15) is 0 Å². The highest BCUT2D eigenvalue weighted by atomic mass is 32.2. The summed E-state index contributed by atoms with van der Waals surface area (Å²) in [6.45, 7) is 4.60. The van der Waals surface area contributed by atoms with Crippen LogP contribution in [0.15, 0.2) is 0 Å². The minimum atomic E-state index is -0.637. The molecule has 9 heavy (non-hydrogen) atoms. The predicted molar refractivity (Wildman–Crippen MR) is 41.8 cm³/mol. The Morgan fingerprint density at radius 1 is 1.67 bits per heavy atom. The molecule has 0 rings (SSSR count). The number of hydrogen-bond donors (Lipinski definition) is 1. The summed E-state index contributed by atoms with van der Waals surface area (Å²) >= 11 is 0. The summed E-state index contributed by atoms with van der Waals surface area (Å²) in [4.78, 5) is 0. The van der Waals surface area contributed by atoms with E-state index >= 15 is 0 Å². The molecule has 0 spiro atoms. The van der Waals surface area contributed by atoms with E-state index in [4.69, 9.17) is 5.73 Å². The topological polar surface area (TPSA) is 43.1 Å². The molecule has 2 atom stereocenters. The van der Waals surface area contributed by atoms with Crippen LogP contribution in [0.4, 0.5) is 0 Å². The van der Waals surface area contributed by atoms with Crippen molar-refractivity contribution < 1.29 is 4.21 Å². The second-order valence-electron chi connectivity index (χ2n) is 2.24. The Morgan fingerprint density at radius 3 is 2.56 bits per heavy atom. The van der Waals surface area contributed by atoms with E-state index in [1.807, 2.05) is 13.8 Å². The number of rotatable bonds is 4. The zero-order valence-corrected chi connectivity index (χ0v) is 6.91. The molecule has 0 aromatic rings. The molecule has 0 saturated heterocycles. The lowest BCUT2D eigenvalue weighted by Crippen LogP contribution is -2.18. The molecule has 0 aliphatic heterocycles. The SMILES string of the molecule is CCS(=O)CC(C)CN. The van der Waals surface area contributed by atoms with Crippen LogP contribution < -0.4 is 5.73 Å². The van der Waals surface area contributed by atoms with Crippen LogP contribution >= 0.6 is 0 Å². The van der Waals surface area contributed by atoms with Crippen molar-refractivity contribution in [1.82, 2.24) is 0 Å². The lowest BCUT2D eigenvalue weighted by atomic mass is 10.2. The van der Waals surface area contributed by atoms with Gasteiger partial charge >= 0.3 is 0 Å². The summed E-state index contributed by atoms with van der Waals surface area (Å²) in [7, 11) is -0.637. The van der Waals surface area contributed by atoms with E-state index in [2.05, 4.69) is 0 Å². The van der Waals surface area contributed by atoms with Gasteiger partial charge in [-0.05, 0) is 12.5 Å². The van der Waals surface area contributed by atoms with Crippen LogP contribution in [0.2, 0.25) is 0 Å². The van der Waals surface area contributed by atoms with Crippen molar-refractivity contribution in [2.45, 2.75) is 13.8 Å². The Balaban J connectivity index is 3.34. The average Bonchev–Trinajstić information content (AvgIpc) is 1.87. The maximum absolute atomic E-state index is 10.8. The van der Waals surface area contributed by atoms with Crippen LogP contribution in [-0.4, -0.2) is 22.3 Å². The third-order valence-electron chi connectivity index (χ3n) is 1.19. The predicted octanol–water partition coefficient (Wildman–Crippen LogP) is 0.350. The fourth-order valence-electron chi connectivity index (χ4n) is 0.503. The molecule has 0 fully saturated rings. The Hall–Kier alpha value is 0.110. The fraction of sp³-hybridized carbons (Fsp3) is 1.00. The maximum Gasteiger partial charge on any atom is 0.0272 e. The molecule has 0 heterocycles. The highest BCUT2D eigenvalue weighted by Crippen LogP contribution is 1.94. The molecule has 0 aliphatic carbocycles. The van der Waals surface area contributed by atoms with Gasteiger partial charge in [0, 0.05) is 22.3 Å². The van der Waals surface area contributed by atoms with Crippen molar-refractivity contribution in [3.05, 3.63) is 0 Å². The minimum absolute atomic E-state index is 0.408. The first-order valence-electron chi connectivity index (χ1n) is 3.25. The molecular weight excluding hydrogens is 134 g/mol. The first-order chi connectivity index (χ1) is 4.20. The molecule has 56 valence electrons. The van der Waals surface area contributed by atoms with Crippen molar-refractivity contribution in [2.75, 3.05) is 18.1 Å². The normalized spacial score (nSPS) is 17.2. The minimum Gasteiger partial charge on any atom is -0.330 e. The standard InChI is InChI=1S/C6H15NOS/c1-3-9(8)5-6(2)4-7/h6H,3-5,7H2,1-2H3. The van der Waals surface area contributed by atoms with Crippen LogP contribution in [0.5, 0.6) is 0 Å². The van der Waals surface area contributed by atoms with Crippen LogP contribution in [0.25, 0.3) is 0 Å². The van der Waals surface area contributed by atoms with Gasteiger partial charge in [0.25, 0.3) is 0 Å². The summed E-state index contributed by atoms with van der Waals surface area (Å²) in [6.07, 6.45) is 0. The van der Waals surface area contributed by atoms with Crippen LogP contribution in [-0.2, 0) is 10.8 Å². The van der Waals surface area contributed by atoms with E-state index < -0.39 is 10.8 Å². The van der Waals surface area contributed by atoms with Gasteiger partial charge in [0.15, 0.2) is 0 Å². The third kappa shape index (κ3) is 4.60. The largest absolute Gasteiger partial charge is 0.330 e. The smallest absolute Gasteiger partial charge is 0.0272 e. The number of nitrogens with two attached hydrogens (primary N) is 1. The molecule has 0 bridgehead atoms. The molecule has 0 aromatic carbocycles. The van der Waals surface area contributed by atoms with Crippen LogP contribution in [0.3, 0.4) is 0 Å². The van der Waals surface area contributed by atoms with Crippen molar-refractivity contribution in [1.29, 1.82) is 0 Å². The van der Waals surface area contributed by atoms with Gasteiger partial charge in [-0.15, -0.1) is 0 Å². The van der Waals surface area contributed by atoms with E-state index in [9.17, 15) is 4.21 Å². The Kier molecular flexibility index (Phi) is 5.00. The van der Waals surface area contributed by atoms with Crippen molar-refractivity contribution in [3.63, 3.8) is 0 Å². The lowest BCUT2D eigenvalue weighted by molar-refractivity contribution is 0.641. The number of hydrogen-bond acceptors (Lipinski definition) is 2. The first kappa shape index (κ1) is 9.11. The van der Waals surface area contributed by atoms with E-state index in [-0.39, 0.29) is 0 Å². The van der Waals surface area contributed by atoms with Gasteiger partial charge in [-0.25, -0.2) is 0 Å². The summed E-state index contributed by atoms with van der Waals surface area (Å²) in [5.74, 6) is 1.92. The Bertz CT molecular complexity index is 95.1. The van der Waals surface area contributed by atoms with Crippen molar-refractivity contribution in [3.8, 4) is 0 Å². The highest BCUT2D eigenvalue weighted by molar-refractivity contribution is 7.84. The molecule has 0 saturated carbocycles. The molecule has 0 aliphatic rings. The molecule has 0 radical (unpaired) electrons. The Labute approximate surface area is 59.3 Å². The second-order valence-corrected chi connectivity index (χ2v) is 4.03. The highest BCUT2D eigenvalue weighted by Gasteiger charge is 2.02. The van der Waals surface area contributed by atoms with E-state index in [1.54, 1.807) is 0 Å². The zero-order valence-electron chi connectivity index (χ0n) is 6.09.